The predicted octanol–water partition coefficient (Wildman–Crippen LogP) is 0.987. The topological polar surface area (TPSA) is 73.6 Å². The minimum absolute atomic E-state index is 0.188. The van der Waals surface area contributed by atoms with Gasteiger partial charge in [0.1, 0.15) is 11.6 Å². The third-order valence-electron chi connectivity index (χ3n) is 2.45. The van der Waals surface area contributed by atoms with Gasteiger partial charge in [0, 0.05) is 31.3 Å². The van der Waals surface area contributed by atoms with Crippen LogP contribution in [0.1, 0.15) is 18.5 Å². The van der Waals surface area contributed by atoms with Crippen LogP contribution in [0.25, 0.3) is 0 Å². The van der Waals surface area contributed by atoms with Crippen molar-refractivity contribution in [3.63, 3.8) is 0 Å². The number of ether oxygens (including phenoxy) is 2. The van der Waals surface area contributed by atoms with Gasteiger partial charge in [-0.2, -0.15) is 0 Å². The molecule has 19 heavy (non-hydrogen) atoms. The number of rotatable bonds is 7. The lowest BCUT2D eigenvalue weighted by atomic mass is 10.1. The van der Waals surface area contributed by atoms with Crippen LogP contribution in [0.2, 0.25) is 0 Å². The van der Waals surface area contributed by atoms with Crippen LogP contribution in [0.15, 0.2) is 18.2 Å². The van der Waals surface area contributed by atoms with E-state index in [-0.39, 0.29) is 24.3 Å². The normalized spacial score (nSPS) is 12.0. The molecule has 0 aliphatic carbocycles. The number of nitrogens with two attached hydrogens (primary N) is 1. The molecule has 1 unspecified atom stereocenters. The molecule has 0 bridgehead atoms. The highest BCUT2D eigenvalue weighted by molar-refractivity contribution is 5.77. The van der Waals surface area contributed by atoms with E-state index in [1.807, 2.05) is 0 Å². The molecule has 1 aromatic rings. The van der Waals surface area contributed by atoms with Crippen LogP contribution in [0.4, 0.5) is 4.39 Å². The molecule has 0 aromatic heterocycles. The zero-order valence-corrected chi connectivity index (χ0v) is 11.1. The summed E-state index contributed by atoms with van der Waals surface area (Å²) in [5, 5.41) is 2.60. The molecular formula is C13H19FN2O3. The second-order valence-electron chi connectivity index (χ2n) is 4.10. The average Bonchev–Trinajstić information content (AvgIpc) is 2.36. The van der Waals surface area contributed by atoms with Crippen molar-refractivity contribution in [2.75, 3.05) is 26.9 Å². The van der Waals surface area contributed by atoms with E-state index < -0.39 is 5.82 Å². The molecule has 3 N–H and O–H groups in total. The molecule has 0 aliphatic heterocycles. The number of carbonyl (C=O) groups excluding carboxylic acids is 1. The molecule has 0 heterocycles. The molecule has 1 atom stereocenters. The zero-order valence-electron chi connectivity index (χ0n) is 11.1. The summed E-state index contributed by atoms with van der Waals surface area (Å²) in [6, 6.07) is 3.79. The molecule has 0 saturated heterocycles. The first kappa shape index (κ1) is 15.4. The van der Waals surface area contributed by atoms with Crippen LogP contribution >= 0.6 is 0 Å². The molecule has 0 spiro atoms. The molecule has 0 aliphatic rings. The molecule has 0 fully saturated rings. The van der Waals surface area contributed by atoms with E-state index in [0.29, 0.717) is 18.7 Å². The molecular weight excluding hydrogens is 251 g/mol. The average molecular weight is 270 g/mol. The van der Waals surface area contributed by atoms with E-state index in [0.717, 1.165) is 0 Å². The Labute approximate surface area is 111 Å². The van der Waals surface area contributed by atoms with Crippen LogP contribution in [0.3, 0.4) is 0 Å². The first-order valence-corrected chi connectivity index (χ1v) is 5.98. The Morgan fingerprint density at radius 2 is 2.26 bits per heavy atom. The second-order valence-corrected chi connectivity index (χ2v) is 4.10. The highest BCUT2D eigenvalue weighted by Gasteiger charge is 2.11. The number of benzene rings is 1. The Hall–Kier alpha value is -1.66. The van der Waals surface area contributed by atoms with Crippen molar-refractivity contribution in [1.82, 2.24) is 5.32 Å². The number of hydrogen-bond acceptors (Lipinski definition) is 4. The van der Waals surface area contributed by atoms with E-state index in [1.54, 1.807) is 20.1 Å². The second kappa shape index (κ2) is 7.70. The standard InChI is InChI=1S/C13H19FN2O3/c1-9(15)11-4-3-10(14)7-12(11)19-8-13(17)16-5-6-18-2/h3-4,7,9H,5-6,8,15H2,1-2H3,(H,16,17). The zero-order chi connectivity index (χ0) is 14.3. The van der Waals surface area contributed by atoms with E-state index in [1.165, 1.54) is 12.1 Å². The number of halogens is 1. The monoisotopic (exact) mass is 270 g/mol. The van der Waals surface area contributed by atoms with Gasteiger partial charge in [0.15, 0.2) is 6.61 Å². The quantitative estimate of drug-likeness (QED) is 0.725. The predicted molar refractivity (Wildman–Crippen MR) is 69.4 cm³/mol. The van der Waals surface area contributed by atoms with Crippen LogP contribution in [0.5, 0.6) is 5.75 Å². The summed E-state index contributed by atoms with van der Waals surface area (Å²) in [6.07, 6.45) is 0. The van der Waals surface area contributed by atoms with Gasteiger partial charge < -0.3 is 20.5 Å². The lowest BCUT2D eigenvalue weighted by molar-refractivity contribution is -0.123. The summed E-state index contributed by atoms with van der Waals surface area (Å²) >= 11 is 0. The summed E-state index contributed by atoms with van der Waals surface area (Å²) in [5.41, 5.74) is 6.41. The Morgan fingerprint density at radius 3 is 2.89 bits per heavy atom. The fraction of sp³-hybridized carbons (Fsp3) is 0.462. The minimum atomic E-state index is -0.431. The van der Waals surface area contributed by atoms with Crippen molar-refractivity contribution in [1.29, 1.82) is 0 Å². The maximum Gasteiger partial charge on any atom is 0.258 e. The Kier molecular flexibility index (Phi) is 6.24. The lowest BCUT2D eigenvalue weighted by Gasteiger charge is -2.14. The number of hydrogen-bond donors (Lipinski definition) is 2. The third kappa shape index (κ3) is 5.23. The van der Waals surface area contributed by atoms with Gasteiger partial charge in [-0.15, -0.1) is 0 Å². The third-order valence-corrected chi connectivity index (χ3v) is 2.45. The number of nitrogens with one attached hydrogen (secondary N) is 1. The number of carbonyl (C=O) groups is 1. The van der Waals surface area contributed by atoms with Gasteiger partial charge in [-0.3, -0.25) is 4.79 Å². The fourth-order valence-corrected chi connectivity index (χ4v) is 1.50. The Morgan fingerprint density at radius 1 is 1.53 bits per heavy atom. The molecule has 0 saturated carbocycles. The summed E-state index contributed by atoms with van der Waals surface area (Å²) in [7, 11) is 1.55. The number of amides is 1. The Balaban J connectivity index is 2.56. The van der Waals surface area contributed by atoms with Crippen molar-refractivity contribution < 1.29 is 18.7 Å². The summed E-state index contributed by atoms with van der Waals surface area (Å²) in [5.74, 6) is -0.437. The van der Waals surface area contributed by atoms with E-state index in [9.17, 15) is 9.18 Å². The molecule has 1 aromatic carbocycles. The molecule has 6 heteroatoms. The molecule has 106 valence electrons. The van der Waals surface area contributed by atoms with Crippen molar-refractivity contribution in [3.05, 3.63) is 29.6 Å². The van der Waals surface area contributed by atoms with Gasteiger partial charge in [0.05, 0.1) is 6.61 Å². The van der Waals surface area contributed by atoms with Crippen LogP contribution in [0, 0.1) is 5.82 Å². The van der Waals surface area contributed by atoms with Gasteiger partial charge in [-0.05, 0) is 13.0 Å². The van der Waals surface area contributed by atoms with E-state index >= 15 is 0 Å². The number of methoxy groups -OCH3 is 1. The van der Waals surface area contributed by atoms with Crippen LogP contribution in [-0.4, -0.2) is 32.8 Å². The molecule has 1 rings (SSSR count). The van der Waals surface area contributed by atoms with Gasteiger partial charge >= 0.3 is 0 Å². The van der Waals surface area contributed by atoms with Crippen LogP contribution in [-0.2, 0) is 9.53 Å². The van der Waals surface area contributed by atoms with Crippen molar-refractivity contribution in [3.8, 4) is 5.75 Å². The van der Waals surface area contributed by atoms with Crippen molar-refractivity contribution >= 4 is 5.91 Å². The minimum Gasteiger partial charge on any atom is -0.483 e. The fourth-order valence-electron chi connectivity index (χ4n) is 1.50. The molecule has 1 amide bonds. The first-order valence-electron chi connectivity index (χ1n) is 5.98. The Bertz CT molecular complexity index is 424. The molecule has 0 radical (unpaired) electrons. The lowest BCUT2D eigenvalue weighted by Crippen LogP contribution is -2.31. The molecule has 5 nitrogen and oxygen atoms in total. The van der Waals surface area contributed by atoms with Gasteiger partial charge in [0.2, 0.25) is 0 Å². The van der Waals surface area contributed by atoms with Gasteiger partial charge in [-0.1, -0.05) is 6.07 Å². The summed E-state index contributed by atoms with van der Waals surface area (Å²) < 4.78 is 23.2. The van der Waals surface area contributed by atoms with Gasteiger partial charge in [-0.25, -0.2) is 4.39 Å². The SMILES string of the molecule is COCCNC(=O)COc1cc(F)ccc1C(C)N. The first-order chi connectivity index (χ1) is 9.04. The van der Waals surface area contributed by atoms with E-state index in [4.69, 9.17) is 15.2 Å². The smallest absolute Gasteiger partial charge is 0.258 e. The van der Waals surface area contributed by atoms with Crippen molar-refractivity contribution in [2.45, 2.75) is 13.0 Å². The van der Waals surface area contributed by atoms with Crippen LogP contribution < -0.4 is 15.8 Å². The highest BCUT2D eigenvalue weighted by Crippen LogP contribution is 2.24. The highest BCUT2D eigenvalue weighted by atomic mass is 19.1. The van der Waals surface area contributed by atoms with Gasteiger partial charge in [0.25, 0.3) is 5.91 Å². The van der Waals surface area contributed by atoms with Crippen molar-refractivity contribution in [2.24, 2.45) is 5.73 Å². The maximum absolute atomic E-state index is 13.1. The summed E-state index contributed by atoms with van der Waals surface area (Å²) in [6.45, 7) is 2.41. The van der Waals surface area contributed by atoms with E-state index in [2.05, 4.69) is 5.32 Å². The summed E-state index contributed by atoms with van der Waals surface area (Å²) in [4.78, 5) is 11.4. The maximum atomic E-state index is 13.1. The largest absolute Gasteiger partial charge is 0.483 e.